The molecule has 5 nitrogen and oxygen atoms in total. The van der Waals surface area contributed by atoms with Gasteiger partial charge in [0.05, 0.1) is 4.70 Å². The maximum atomic E-state index is 11.4. The molecule has 0 fully saturated rings. The Kier molecular flexibility index (Phi) is 3.47. The van der Waals surface area contributed by atoms with E-state index in [4.69, 9.17) is 4.74 Å². The molecule has 0 atom stereocenters. The lowest BCUT2D eigenvalue weighted by Crippen LogP contribution is -2.07. The van der Waals surface area contributed by atoms with Gasteiger partial charge in [0.2, 0.25) is 5.88 Å². The Labute approximate surface area is 108 Å². The number of aryl methyl sites for hydroxylation is 1. The summed E-state index contributed by atoms with van der Waals surface area (Å²) in [5.74, 6) is -0.0976. The first-order valence-corrected chi connectivity index (χ1v) is 6.55. The van der Waals surface area contributed by atoms with E-state index in [0.717, 1.165) is 40.0 Å². The molecule has 0 spiro atoms. The molecule has 1 N–H and O–H groups in total. The summed E-state index contributed by atoms with van der Waals surface area (Å²) < 4.78 is 5.96. The third-order valence-corrected chi connectivity index (χ3v) is 3.63. The average Bonchev–Trinajstić information content (AvgIpc) is 2.64. The van der Waals surface area contributed by atoms with E-state index in [1.807, 2.05) is 13.8 Å². The number of fused-ring (bicyclic) bond motifs is 1. The van der Waals surface area contributed by atoms with Crippen LogP contribution in [0, 0.1) is 6.92 Å². The van der Waals surface area contributed by atoms with Gasteiger partial charge < -0.3 is 4.74 Å². The van der Waals surface area contributed by atoms with Crippen LogP contribution in [0.15, 0.2) is 4.79 Å². The van der Waals surface area contributed by atoms with Crippen molar-refractivity contribution in [2.45, 2.75) is 33.6 Å². The third kappa shape index (κ3) is 2.28. The lowest BCUT2D eigenvalue weighted by Gasteiger charge is -2.10. The van der Waals surface area contributed by atoms with Gasteiger partial charge in [0.1, 0.15) is 0 Å². The Hall–Kier alpha value is -1.69. The van der Waals surface area contributed by atoms with E-state index in [-0.39, 0.29) is 4.87 Å². The maximum Gasteiger partial charge on any atom is 0.309 e. The lowest BCUT2D eigenvalue weighted by atomic mass is 10.1. The predicted molar refractivity (Wildman–Crippen MR) is 70.3 cm³/mol. The number of ether oxygens (including phenoxy) is 1. The number of pyridine rings is 1. The minimum Gasteiger partial charge on any atom is -0.407 e. The summed E-state index contributed by atoms with van der Waals surface area (Å²) in [6.45, 7) is 5.31. The van der Waals surface area contributed by atoms with Gasteiger partial charge in [-0.2, -0.15) is 4.98 Å². The van der Waals surface area contributed by atoms with Crippen LogP contribution in [0.4, 0.5) is 0 Å². The first-order chi connectivity index (χ1) is 8.52. The fourth-order valence-corrected chi connectivity index (χ4v) is 2.69. The number of H-pyrrole nitrogens is 1. The SMILES string of the molecule is CCCc1c(OC(C)=O)nc2[nH]c(=O)sc2c1C. The molecule has 6 heteroatoms. The van der Waals surface area contributed by atoms with E-state index in [0.29, 0.717) is 11.5 Å². The van der Waals surface area contributed by atoms with Gasteiger partial charge in [-0.05, 0) is 18.9 Å². The molecule has 96 valence electrons. The van der Waals surface area contributed by atoms with E-state index >= 15 is 0 Å². The molecule has 2 rings (SSSR count). The standard InChI is InChI=1S/C12H14N2O3S/c1-4-5-8-6(2)9-10(14-12(16)18-9)13-11(8)17-7(3)15/h4-5H2,1-3H3,(H,13,14,16). The van der Waals surface area contributed by atoms with Crippen LogP contribution in [0.1, 0.15) is 31.4 Å². The largest absolute Gasteiger partial charge is 0.407 e. The quantitative estimate of drug-likeness (QED) is 0.864. The molecule has 0 amide bonds. The summed E-state index contributed by atoms with van der Waals surface area (Å²) >= 11 is 1.13. The van der Waals surface area contributed by atoms with Gasteiger partial charge >= 0.3 is 10.8 Å². The second-order valence-corrected chi connectivity index (χ2v) is 5.04. The molecule has 0 saturated heterocycles. The van der Waals surface area contributed by atoms with Crippen molar-refractivity contribution in [3.8, 4) is 5.88 Å². The molecule has 2 aromatic rings. The van der Waals surface area contributed by atoms with E-state index in [9.17, 15) is 9.59 Å². The molecule has 0 aliphatic heterocycles. The molecular weight excluding hydrogens is 252 g/mol. The molecule has 0 bridgehead atoms. The van der Waals surface area contributed by atoms with E-state index < -0.39 is 5.97 Å². The number of rotatable bonds is 3. The van der Waals surface area contributed by atoms with E-state index in [1.165, 1.54) is 6.92 Å². The molecule has 0 aliphatic carbocycles. The number of esters is 1. The second-order valence-electron chi connectivity index (χ2n) is 4.06. The van der Waals surface area contributed by atoms with Crippen molar-refractivity contribution in [2.24, 2.45) is 0 Å². The van der Waals surface area contributed by atoms with Crippen molar-refractivity contribution in [1.29, 1.82) is 0 Å². The van der Waals surface area contributed by atoms with Gasteiger partial charge in [0, 0.05) is 12.5 Å². The number of nitrogens with one attached hydrogen (secondary N) is 1. The highest BCUT2D eigenvalue weighted by Gasteiger charge is 2.16. The number of aromatic amines is 1. The normalized spacial score (nSPS) is 10.8. The van der Waals surface area contributed by atoms with Crippen molar-refractivity contribution >= 4 is 27.7 Å². The minimum absolute atomic E-state index is 0.150. The topological polar surface area (TPSA) is 72.0 Å². The van der Waals surface area contributed by atoms with Crippen LogP contribution < -0.4 is 9.61 Å². The van der Waals surface area contributed by atoms with Crippen molar-refractivity contribution < 1.29 is 9.53 Å². The Morgan fingerprint density at radius 2 is 2.22 bits per heavy atom. The molecule has 0 unspecified atom stereocenters. The van der Waals surface area contributed by atoms with Crippen molar-refractivity contribution in [1.82, 2.24) is 9.97 Å². The zero-order chi connectivity index (χ0) is 13.3. The summed E-state index contributed by atoms with van der Waals surface area (Å²) in [7, 11) is 0. The van der Waals surface area contributed by atoms with E-state index in [2.05, 4.69) is 9.97 Å². The van der Waals surface area contributed by atoms with Gasteiger partial charge in [-0.3, -0.25) is 14.6 Å². The van der Waals surface area contributed by atoms with Gasteiger partial charge in [-0.15, -0.1) is 0 Å². The van der Waals surface area contributed by atoms with Crippen LogP contribution in [0.3, 0.4) is 0 Å². The molecule has 0 radical (unpaired) electrons. The van der Waals surface area contributed by atoms with Gasteiger partial charge in [0.15, 0.2) is 5.65 Å². The number of carbonyl (C=O) groups is 1. The summed E-state index contributed by atoms with van der Waals surface area (Å²) in [4.78, 5) is 29.2. The fourth-order valence-electron chi connectivity index (χ4n) is 1.88. The van der Waals surface area contributed by atoms with E-state index in [1.54, 1.807) is 0 Å². The van der Waals surface area contributed by atoms with Crippen LogP contribution in [-0.4, -0.2) is 15.9 Å². The smallest absolute Gasteiger partial charge is 0.309 e. The van der Waals surface area contributed by atoms with Crippen LogP contribution in [0.5, 0.6) is 5.88 Å². The summed E-state index contributed by atoms with van der Waals surface area (Å²) in [6.07, 6.45) is 1.69. The van der Waals surface area contributed by atoms with Crippen molar-refractivity contribution in [3.05, 3.63) is 20.8 Å². The summed E-state index contributed by atoms with van der Waals surface area (Å²) in [5.41, 5.74) is 2.34. The lowest BCUT2D eigenvalue weighted by molar-refractivity contribution is -0.132. The number of nitrogens with zero attached hydrogens (tertiary/aromatic N) is 1. The zero-order valence-corrected chi connectivity index (χ0v) is 11.3. The third-order valence-electron chi connectivity index (χ3n) is 2.64. The van der Waals surface area contributed by atoms with Crippen molar-refractivity contribution in [2.75, 3.05) is 0 Å². The van der Waals surface area contributed by atoms with Gasteiger partial charge in [-0.1, -0.05) is 24.7 Å². The molecular formula is C12H14N2O3S. The number of carbonyl (C=O) groups excluding carboxylic acids is 1. The Bertz CT molecular complexity index is 657. The number of thiazole rings is 1. The highest BCUT2D eigenvalue weighted by atomic mass is 32.1. The molecule has 0 aromatic carbocycles. The Balaban J connectivity index is 2.69. The highest BCUT2D eigenvalue weighted by Crippen LogP contribution is 2.29. The first-order valence-electron chi connectivity index (χ1n) is 5.73. The molecule has 18 heavy (non-hydrogen) atoms. The average molecular weight is 266 g/mol. The molecule has 0 aliphatic rings. The summed E-state index contributed by atoms with van der Waals surface area (Å²) in [5, 5.41) is 0. The summed E-state index contributed by atoms with van der Waals surface area (Å²) in [6, 6.07) is 0. The second kappa shape index (κ2) is 4.89. The molecule has 2 heterocycles. The van der Waals surface area contributed by atoms with Crippen molar-refractivity contribution in [3.63, 3.8) is 0 Å². The minimum atomic E-state index is -0.406. The zero-order valence-electron chi connectivity index (χ0n) is 10.5. The van der Waals surface area contributed by atoms with Crippen LogP contribution >= 0.6 is 11.3 Å². The molecule has 0 saturated carbocycles. The Morgan fingerprint density at radius 1 is 1.50 bits per heavy atom. The fraction of sp³-hybridized carbons (Fsp3) is 0.417. The predicted octanol–water partition coefficient (Wildman–Crippen LogP) is 2.17. The monoisotopic (exact) mass is 266 g/mol. The van der Waals surface area contributed by atoms with Gasteiger partial charge in [-0.25, -0.2) is 0 Å². The number of hydrogen-bond donors (Lipinski definition) is 1. The number of aromatic nitrogens is 2. The number of hydrogen-bond acceptors (Lipinski definition) is 5. The molecule has 2 aromatic heterocycles. The van der Waals surface area contributed by atoms with Crippen LogP contribution in [-0.2, 0) is 11.2 Å². The van der Waals surface area contributed by atoms with Crippen LogP contribution in [0.25, 0.3) is 10.3 Å². The first kappa shape index (κ1) is 12.8. The van der Waals surface area contributed by atoms with Gasteiger partial charge in [0.25, 0.3) is 0 Å². The Morgan fingerprint density at radius 3 is 2.83 bits per heavy atom. The highest BCUT2D eigenvalue weighted by molar-refractivity contribution is 7.16. The van der Waals surface area contributed by atoms with Crippen LogP contribution in [0.2, 0.25) is 0 Å². The maximum absolute atomic E-state index is 11.4.